The zero-order chi connectivity index (χ0) is 24.4. The van der Waals surface area contributed by atoms with Gasteiger partial charge in [-0.15, -0.1) is 0 Å². The first kappa shape index (κ1) is 26.0. The summed E-state index contributed by atoms with van der Waals surface area (Å²) in [5.74, 6) is 0.380. The van der Waals surface area contributed by atoms with Crippen LogP contribution in [0.5, 0.6) is 5.75 Å². The number of rotatable bonds is 9. The zero-order valence-corrected chi connectivity index (χ0v) is 19.0. The summed E-state index contributed by atoms with van der Waals surface area (Å²) >= 11 is 0. The Hall–Kier alpha value is -3.21. The zero-order valence-electron chi connectivity index (χ0n) is 19.0. The third kappa shape index (κ3) is 8.01. The van der Waals surface area contributed by atoms with Gasteiger partial charge in [-0.25, -0.2) is 0 Å². The van der Waals surface area contributed by atoms with Crippen LogP contribution in [0.2, 0.25) is 0 Å². The minimum Gasteiger partial charge on any atom is -0.500 e. The van der Waals surface area contributed by atoms with Gasteiger partial charge in [-0.2, -0.15) is 18.4 Å². The molecular formula is C25H29F3N2O3. The van der Waals surface area contributed by atoms with E-state index in [-0.39, 0.29) is 11.7 Å². The molecule has 8 heteroatoms. The maximum absolute atomic E-state index is 13.3. The van der Waals surface area contributed by atoms with Crippen molar-refractivity contribution < 1.29 is 27.4 Å². The predicted octanol–water partition coefficient (Wildman–Crippen LogP) is 5.68. The number of hydrogen-bond donors (Lipinski definition) is 1. The minimum atomic E-state index is -4.70. The molecule has 0 saturated carbocycles. The summed E-state index contributed by atoms with van der Waals surface area (Å²) < 4.78 is 50.9. The second-order valence-electron chi connectivity index (χ2n) is 8.06. The summed E-state index contributed by atoms with van der Waals surface area (Å²) in [6.07, 6.45) is 4.76. The third-order valence-electron chi connectivity index (χ3n) is 5.03. The van der Waals surface area contributed by atoms with Crippen LogP contribution in [0.25, 0.3) is 0 Å². The van der Waals surface area contributed by atoms with E-state index >= 15 is 0 Å². The Morgan fingerprint density at radius 1 is 1.24 bits per heavy atom. The first-order chi connectivity index (χ1) is 15.7. The van der Waals surface area contributed by atoms with Gasteiger partial charge in [0.15, 0.2) is 6.10 Å². The predicted molar refractivity (Wildman–Crippen MR) is 119 cm³/mol. The average Bonchev–Trinajstić information content (AvgIpc) is 2.74. The molecule has 2 rings (SSSR count). The van der Waals surface area contributed by atoms with Gasteiger partial charge in [0.2, 0.25) is 0 Å². The number of nitriles is 1. The Bertz CT molecular complexity index is 957. The molecule has 0 aliphatic heterocycles. The number of carbonyl (C=O) groups is 1. The van der Waals surface area contributed by atoms with Crippen molar-refractivity contribution in [1.82, 2.24) is 5.32 Å². The molecule has 1 aromatic carbocycles. The van der Waals surface area contributed by atoms with E-state index in [2.05, 4.69) is 11.4 Å². The molecule has 1 aliphatic rings. The molecule has 0 radical (unpaired) electrons. The fourth-order valence-corrected chi connectivity index (χ4v) is 3.40. The van der Waals surface area contributed by atoms with Gasteiger partial charge < -0.3 is 14.8 Å². The SMILES string of the molecule is CO/C1=C(\CCNC(=O)C(CC(C)C)Oc2ccc(C#N)c(C(F)(F)F)c2)C=CC/C=C\C1. The van der Waals surface area contributed by atoms with Gasteiger partial charge in [-0.3, -0.25) is 4.79 Å². The molecule has 5 nitrogen and oxygen atoms in total. The van der Waals surface area contributed by atoms with E-state index in [9.17, 15) is 18.0 Å². The van der Waals surface area contributed by atoms with Crippen LogP contribution in [-0.4, -0.2) is 25.7 Å². The van der Waals surface area contributed by atoms with Crippen LogP contribution in [0.4, 0.5) is 13.2 Å². The number of nitrogens with one attached hydrogen (secondary N) is 1. The van der Waals surface area contributed by atoms with Crippen molar-refractivity contribution in [3.05, 3.63) is 65.0 Å². The molecule has 0 spiro atoms. The van der Waals surface area contributed by atoms with Crippen molar-refractivity contribution in [3.8, 4) is 11.8 Å². The molecule has 33 heavy (non-hydrogen) atoms. The quantitative estimate of drug-likeness (QED) is 0.479. The van der Waals surface area contributed by atoms with Crippen LogP contribution in [0, 0.1) is 17.2 Å². The van der Waals surface area contributed by atoms with E-state index in [0.29, 0.717) is 25.8 Å². The third-order valence-corrected chi connectivity index (χ3v) is 5.03. The van der Waals surface area contributed by atoms with Crippen molar-refractivity contribution in [1.29, 1.82) is 5.26 Å². The molecule has 0 bridgehead atoms. The van der Waals surface area contributed by atoms with E-state index in [0.717, 1.165) is 29.9 Å². The van der Waals surface area contributed by atoms with Crippen molar-refractivity contribution in [2.24, 2.45) is 5.92 Å². The number of ether oxygens (including phenoxy) is 2. The highest BCUT2D eigenvalue weighted by atomic mass is 19.4. The number of halogens is 3. The lowest BCUT2D eigenvalue weighted by molar-refractivity contribution is -0.137. The number of hydrogen-bond acceptors (Lipinski definition) is 4. The van der Waals surface area contributed by atoms with Crippen LogP contribution < -0.4 is 10.1 Å². The fourth-order valence-electron chi connectivity index (χ4n) is 3.40. The van der Waals surface area contributed by atoms with Gasteiger partial charge in [-0.05, 0) is 49.0 Å². The molecule has 0 saturated heterocycles. The normalized spacial score (nSPS) is 18.1. The van der Waals surface area contributed by atoms with E-state index in [1.54, 1.807) is 7.11 Å². The van der Waals surface area contributed by atoms with Crippen molar-refractivity contribution in [2.75, 3.05) is 13.7 Å². The molecule has 1 atom stereocenters. The lowest BCUT2D eigenvalue weighted by Crippen LogP contribution is -2.39. The standard InChI is InChI=1S/C25H29F3N2O3/c1-17(2)14-23(33-20-11-10-19(16-29)21(15-20)25(26,27)28)24(31)30-13-12-18-8-6-4-5-7-9-22(18)32-3/h5-8,10-11,15,17,23H,4,9,12-14H2,1-3H3,(H,30,31)/b7-5-,8-6?,22-18-. The molecule has 1 unspecified atom stereocenters. The highest BCUT2D eigenvalue weighted by Gasteiger charge is 2.34. The number of amides is 1. The van der Waals surface area contributed by atoms with E-state index in [1.807, 2.05) is 32.1 Å². The first-order valence-electron chi connectivity index (χ1n) is 10.8. The van der Waals surface area contributed by atoms with E-state index in [1.165, 1.54) is 12.1 Å². The molecule has 0 aromatic heterocycles. The van der Waals surface area contributed by atoms with Gasteiger partial charge in [0.05, 0.1) is 24.3 Å². The fraction of sp³-hybridized carbons (Fsp3) is 0.440. The highest BCUT2D eigenvalue weighted by Crippen LogP contribution is 2.34. The first-order valence-corrected chi connectivity index (χ1v) is 10.8. The van der Waals surface area contributed by atoms with Crippen molar-refractivity contribution in [3.63, 3.8) is 0 Å². The average molecular weight is 463 g/mol. The molecular weight excluding hydrogens is 433 g/mol. The second-order valence-corrected chi connectivity index (χ2v) is 8.06. The molecule has 1 aromatic rings. The summed E-state index contributed by atoms with van der Waals surface area (Å²) in [5, 5.41) is 11.8. The lowest BCUT2D eigenvalue weighted by atomic mass is 10.0. The molecule has 1 N–H and O–H groups in total. The van der Waals surface area contributed by atoms with Gasteiger partial charge in [0, 0.05) is 13.0 Å². The Balaban J connectivity index is 2.11. The smallest absolute Gasteiger partial charge is 0.417 e. The molecule has 178 valence electrons. The van der Waals surface area contributed by atoms with Crippen LogP contribution in [-0.2, 0) is 15.7 Å². The summed E-state index contributed by atoms with van der Waals surface area (Å²) in [4.78, 5) is 12.8. The van der Waals surface area contributed by atoms with Crippen LogP contribution in [0.1, 0.15) is 50.7 Å². The van der Waals surface area contributed by atoms with E-state index in [4.69, 9.17) is 14.7 Å². The highest BCUT2D eigenvalue weighted by molar-refractivity contribution is 5.81. The summed E-state index contributed by atoms with van der Waals surface area (Å²) in [7, 11) is 1.61. The minimum absolute atomic E-state index is 0.0735. The molecule has 0 heterocycles. The number of benzene rings is 1. The maximum Gasteiger partial charge on any atom is 0.417 e. The Labute approximate surface area is 192 Å². The largest absolute Gasteiger partial charge is 0.500 e. The number of alkyl halides is 3. The maximum atomic E-state index is 13.3. The van der Waals surface area contributed by atoms with Gasteiger partial charge in [0.1, 0.15) is 11.5 Å². The van der Waals surface area contributed by atoms with Crippen LogP contribution in [0.15, 0.2) is 53.8 Å². The number of allylic oxidation sites excluding steroid dienone is 4. The van der Waals surface area contributed by atoms with Crippen molar-refractivity contribution >= 4 is 5.91 Å². The summed E-state index contributed by atoms with van der Waals surface area (Å²) in [6.45, 7) is 4.12. The topological polar surface area (TPSA) is 71.3 Å². The Morgan fingerprint density at radius 3 is 2.64 bits per heavy atom. The number of methoxy groups -OCH3 is 1. The molecule has 1 aliphatic carbocycles. The Kier molecular flexibility index (Phi) is 9.58. The summed E-state index contributed by atoms with van der Waals surface area (Å²) in [5.41, 5.74) is -0.607. The number of nitrogens with zero attached hydrogens (tertiary/aromatic N) is 1. The van der Waals surface area contributed by atoms with Crippen molar-refractivity contribution in [2.45, 2.75) is 51.8 Å². The number of carbonyl (C=O) groups excluding carboxylic acids is 1. The lowest BCUT2D eigenvalue weighted by Gasteiger charge is -2.21. The summed E-state index contributed by atoms with van der Waals surface area (Å²) in [6, 6.07) is 4.63. The molecule has 1 amide bonds. The van der Waals surface area contributed by atoms with E-state index < -0.39 is 29.3 Å². The monoisotopic (exact) mass is 462 g/mol. The van der Waals surface area contributed by atoms with Gasteiger partial charge in [-0.1, -0.05) is 38.2 Å². The second kappa shape index (κ2) is 12.1. The van der Waals surface area contributed by atoms with Gasteiger partial charge in [0.25, 0.3) is 5.91 Å². The van der Waals surface area contributed by atoms with Crippen LogP contribution >= 0.6 is 0 Å². The van der Waals surface area contributed by atoms with Gasteiger partial charge >= 0.3 is 6.18 Å². The molecule has 0 fully saturated rings. The van der Waals surface area contributed by atoms with Crippen LogP contribution in [0.3, 0.4) is 0 Å². The Morgan fingerprint density at radius 2 is 2.00 bits per heavy atom.